The molecule has 2 aromatic rings. The first kappa shape index (κ1) is 21.4. The predicted molar refractivity (Wildman–Crippen MR) is 113 cm³/mol. The first-order valence-electron chi connectivity index (χ1n) is 8.98. The van der Waals surface area contributed by atoms with Gasteiger partial charge in [-0.3, -0.25) is 0 Å². The number of amides is 2. The van der Waals surface area contributed by atoms with Gasteiger partial charge in [-0.05, 0) is 56.1 Å². The maximum absolute atomic E-state index is 11.8. The average molecular weight is 410 g/mol. The molecule has 27 heavy (non-hydrogen) atoms. The highest BCUT2D eigenvalue weighted by Crippen LogP contribution is 2.33. The van der Waals surface area contributed by atoms with Crippen molar-refractivity contribution in [3.8, 4) is 5.75 Å². The Hall–Kier alpha value is -1.95. The van der Waals surface area contributed by atoms with Crippen molar-refractivity contribution < 1.29 is 9.53 Å². The Labute approximate surface area is 171 Å². The molecule has 5 nitrogen and oxygen atoms in total. The molecule has 0 saturated carbocycles. The van der Waals surface area contributed by atoms with Crippen LogP contribution in [0.4, 0.5) is 10.5 Å². The largest absolute Gasteiger partial charge is 0.492 e. The zero-order valence-corrected chi connectivity index (χ0v) is 16.7. The first-order chi connectivity index (χ1) is 12.7. The van der Waals surface area contributed by atoms with Crippen LogP contribution in [0.3, 0.4) is 0 Å². The third-order valence-corrected chi connectivity index (χ3v) is 4.61. The average Bonchev–Trinajstić information content (AvgIpc) is 2.89. The third kappa shape index (κ3) is 6.31. The summed E-state index contributed by atoms with van der Waals surface area (Å²) in [5.41, 5.74) is 3.28. The number of ether oxygens (including phenoxy) is 1. The van der Waals surface area contributed by atoms with Gasteiger partial charge in [0.2, 0.25) is 0 Å². The van der Waals surface area contributed by atoms with E-state index in [1.165, 1.54) is 11.1 Å². The highest BCUT2D eigenvalue weighted by Gasteiger charge is 2.15. The van der Waals surface area contributed by atoms with Crippen LogP contribution in [0.15, 0.2) is 42.5 Å². The molecule has 0 unspecified atom stereocenters. The van der Waals surface area contributed by atoms with Crippen molar-refractivity contribution in [2.45, 2.75) is 19.3 Å². The number of fused-ring (bicyclic) bond motifs is 1. The molecule has 1 aliphatic rings. The van der Waals surface area contributed by atoms with Gasteiger partial charge in [-0.25, -0.2) is 4.79 Å². The van der Waals surface area contributed by atoms with E-state index in [1.807, 2.05) is 36.4 Å². The number of halogens is 2. The maximum atomic E-state index is 11.8. The second kappa shape index (κ2) is 11.0. The van der Waals surface area contributed by atoms with Crippen LogP contribution < -0.4 is 20.7 Å². The summed E-state index contributed by atoms with van der Waals surface area (Å²) in [5.74, 6) is 0.793. The van der Waals surface area contributed by atoms with Gasteiger partial charge in [0, 0.05) is 17.8 Å². The summed E-state index contributed by atoms with van der Waals surface area (Å²) < 4.78 is 5.96. The van der Waals surface area contributed by atoms with Gasteiger partial charge in [0.1, 0.15) is 5.75 Å². The molecule has 0 radical (unpaired) electrons. The number of hydrogen-bond acceptors (Lipinski definition) is 3. The summed E-state index contributed by atoms with van der Waals surface area (Å²) in [5, 5.41) is 9.67. The van der Waals surface area contributed by atoms with Crippen molar-refractivity contribution in [3.63, 3.8) is 0 Å². The van der Waals surface area contributed by atoms with E-state index in [-0.39, 0.29) is 18.4 Å². The van der Waals surface area contributed by atoms with Crippen LogP contribution in [-0.2, 0) is 12.8 Å². The normalized spacial score (nSPS) is 12.9. The SMILES string of the molecule is Cl.O=C(NCCCOc1c(Cl)ccc2c1CCNCC2)Nc1ccccc1. The monoisotopic (exact) mass is 409 g/mol. The number of benzene rings is 2. The first-order valence-corrected chi connectivity index (χ1v) is 9.35. The Morgan fingerprint density at radius 2 is 1.89 bits per heavy atom. The fourth-order valence-electron chi connectivity index (χ4n) is 3.01. The van der Waals surface area contributed by atoms with E-state index in [1.54, 1.807) is 0 Å². The summed E-state index contributed by atoms with van der Waals surface area (Å²) in [7, 11) is 0. The smallest absolute Gasteiger partial charge is 0.319 e. The van der Waals surface area contributed by atoms with Crippen LogP contribution in [0.25, 0.3) is 0 Å². The van der Waals surface area contributed by atoms with Crippen molar-refractivity contribution in [1.82, 2.24) is 10.6 Å². The molecule has 0 spiro atoms. The van der Waals surface area contributed by atoms with Gasteiger partial charge < -0.3 is 20.7 Å². The number of anilines is 1. The minimum Gasteiger partial charge on any atom is -0.492 e. The lowest BCUT2D eigenvalue weighted by Crippen LogP contribution is -2.30. The minimum atomic E-state index is -0.214. The van der Waals surface area contributed by atoms with Crippen molar-refractivity contribution in [2.75, 3.05) is 31.6 Å². The molecule has 2 amide bonds. The topological polar surface area (TPSA) is 62.4 Å². The van der Waals surface area contributed by atoms with Gasteiger partial charge >= 0.3 is 6.03 Å². The summed E-state index contributed by atoms with van der Waals surface area (Å²) >= 11 is 6.34. The summed E-state index contributed by atoms with van der Waals surface area (Å²) in [4.78, 5) is 11.8. The second-order valence-electron chi connectivity index (χ2n) is 6.21. The highest BCUT2D eigenvalue weighted by atomic mass is 35.5. The molecule has 3 rings (SSSR count). The van der Waals surface area contributed by atoms with Gasteiger partial charge in [-0.15, -0.1) is 12.4 Å². The molecule has 146 valence electrons. The maximum Gasteiger partial charge on any atom is 0.319 e. The van der Waals surface area contributed by atoms with Crippen LogP contribution in [-0.4, -0.2) is 32.3 Å². The quantitative estimate of drug-likeness (QED) is 0.630. The molecular formula is C20H25Cl2N3O2. The van der Waals surface area contributed by atoms with Crippen LogP contribution >= 0.6 is 24.0 Å². The number of urea groups is 1. The molecule has 0 atom stereocenters. The van der Waals surface area contributed by atoms with E-state index in [0.29, 0.717) is 24.6 Å². The van der Waals surface area contributed by atoms with Gasteiger partial charge in [0.25, 0.3) is 0 Å². The number of carbonyl (C=O) groups is 1. The molecule has 0 aliphatic carbocycles. The van der Waals surface area contributed by atoms with Gasteiger partial charge in [0.05, 0.1) is 11.6 Å². The van der Waals surface area contributed by atoms with E-state index < -0.39 is 0 Å². The fraction of sp³-hybridized carbons (Fsp3) is 0.350. The van der Waals surface area contributed by atoms with Crippen molar-refractivity contribution >= 4 is 35.7 Å². The Morgan fingerprint density at radius 3 is 2.70 bits per heavy atom. The molecule has 0 saturated heterocycles. The molecular weight excluding hydrogens is 385 g/mol. The number of hydrogen-bond donors (Lipinski definition) is 3. The zero-order valence-electron chi connectivity index (χ0n) is 15.1. The molecule has 0 aromatic heterocycles. The Bertz CT molecular complexity index is 742. The standard InChI is InChI=1S/C20H24ClN3O2.ClH/c21-18-8-7-15-9-12-22-13-10-17(15)19(18)26-14-4-11-23-20(25)24-16-5-2-1-3-6-16;/h1-3,5-8,22H,4,9-14H2,(H2,23,24,25);1H. The highest BCUT2D eigenvalue weighted by molar-refractivity contribution is 6.32. The van der Waals surface area contributed by atoms with Crippen molar-refractivity contribution in [3.05, 3.63) is 58.6 Å². The molecule has 0 bridgehead atoms. The number of rotatable bonds is 6. The lowest BCUT2D eigenvalue weighted by Gasteiger charge is -2.15. The van der Waals surface area contributed by atoms with E-state index in [0.717, 1.165) is 37.4 Å². The fourth-order valence-corrected chi connectivity index (χ4v) is 3.24. The Balaban J connectivity index is 0.00000261. The Morgan fingerprint density at radius 1 is 1.11 bits per heavy atom. The van der Waals surface area contributed by atoms with E-state index in [2.05, 4.69) is 22.0 Å². The molecule has 1 aliphatic heterocycles. The third-order valence-electron chi connectivity index (χ3n) is 4.32. The minimum absolute atomic E-state index is 0. The van der Waals surface area contributed by atoms with E-state index in [9.17, 15) is 4.79 Å². The van der Waals surface area contributed by atoms with Crippen LogP contribution in [0.2, 0.25) is 5.02 Å². The summed E-state index contributed by atoms with van der Waals surface area (Å²) in [6.07, 6.45) is 2.62. The predicted octanol–water partition coefficient (Wildman–Crippen LogP) is 4.04. The van der Waals surface area contributed by atoms with Gasteiger partial charge in [-0.2, -0.15) is 0 Å². The summed E-state index contributed by atoms with van der Waals surface area (Å²) in [6.45, 7) is 2.96. The van der Waals surface area contributed by atoms with Gasteiger partial charge in [-0.1, -0.05) is 35.9 Å². The zero-order chi connectivity index (χ0) is 18.2. The molecule has 3 N–H and O–H groups in total. The van der Waals surface area contributed by atoms with Crippen molar-refractivity contribution in [1.29, 1.82) is 0 Å². The number of para-hydroxylation sites is 1. The molecule has 2 aromatic carbocycles. The van der Waals surface area contributed by atoms with Gasteiger partial charge in [0.15, 0.2) is 0 Å². The molecule has 7 heteroatoms. The Kier molecular flexibility index (Phi) is 8.72. The van der Waals surface area contributed by atoms with Crippen LogP contribution in [0.5, 0.6) is 5.75 Å². The lowest BCUT2D eigenvalue weighted by atomic mass is 10.0. The van der Waals surface area contributed by atoms with Crippen molar-refractivity contribution in [2.24, 2.45) is 0 Å². The second-order valence-corrected chi connectivity index (χ2v) is 6.62. The molecule has 0 fully saturated rings. The summed E-state index contributed by atoms with van der Waals surface area (Å²) in [6, 6.07) is 13.2. The van der Waals surface area contributed by atoms with E-state index in [4.69, 9.17) is 16.3 Å². The van der Waals surface area contributed by atoms with Crippen LogP contribution in [0.1, 0.15) is 17.5 Å². The van der Waals surface area contributed by atoms with Crippen LogP contribution in [0, 0.1) is 0 Å². The molecule has 1 heterocycles. The van der Waals surface area contributed by atoms with E-state index >= 15 is 0 Å². The number of carbonyl (C=O) groups excluding carboxylic acids is 1. The number of nitrogens with one attached hydrogen (secondary N) is 3. The lowest BCUT2D eigenvalue weighted by molar-refractivity contribution is 0.250.